The van der Waals surface area contributed by atoms with Gasteiger partial charge < -0.3 is 20.1 Å². The number of alkyl halides is 4. The minimum Gasteiger partial charge on any atom is -0.508 e. The summed E-state index contributed by atoms with van der Waals surface area (Å²) in [5, 5.41) is 14.7. The third-order valence-corrected chi connectivity index (χ3v) is 10.1. The summed E-state index contributed by atoms with van der Waals surface area (Å²) in [5.41, 5.74) is -2.79. The van der Waals surface area contributed by atoms with Crippen LogP contribution in [0, 0.1) is 5.82 Å². The monoisotopic (exact) mass is 625 g/mol. The van der Waals surface area contributed by atoms with Crippen LogP contribution in [0.15, 0.2) is 42.5 Å². The van der Waals surface area contributed by atoms with Crippen molar-refractivity contribution >= 4 is 27.5 Å². The number of phenols is 1. The summed E-state index contributed by atoms with van der Waals surface area (Å²) < 4.78 is 81.9. The summed E-state index contributed by atoms with van der Waals surface area (Å²) >= 11 is 0. The molecule has 2 bridgehead atoms. The standard InChI is InChI=1S/C33H32F5N5O2/c34-19-13-32(8-3-9-43(32)14-19)17-45-31-40-29-25(30(41-31)42-15-20-6-7-21(16-42)39-20)12-26(33(36,37)38)27(28(29)35)24-11-22(44)10-18-4-1-2-5-23(18)24/h1-2,4-5,10-12,19-21,39,44H,3,6-9,13-17H2/t19-,20-,21+,32+/m1/s1. The Labute approximate surface area is 256 Å². The number of halogens is 5. The van der Waals surface area contributed by atoms with Gasteiger partial charge in [-0.25, -0.2) is 8.78 Å². The lowest BCUT2D eigenvalue weighted by Gasteiger charge is -2.35. The van der Waals surface area contributed by atoms with Crippen molar-refractivity contribution in [2.24, 2.45) is 0 Å². The number of anilines is 1. The summed E-state index contributed by atoms with van der Waals surface area (Å²) in [4.78, 5) is 13.0. The Hall–Kier alpha value is -3.77. The van der Waals surface area contributed by atoms with Gasteiger partial charge in [0.25, 0.3) is 0 Å². The molecular weight excluding hydrogens is 593 g/mol. The number of hydrogen-bond donors (Lipinski definition) is 2. The second-order valence-electron chi connectivity index (χ2n) is 13.0. The van der Waals surface area contributed by atoms with E-state index in [0.717, 1.165) is 44.4 Å². The Kier molecular flexibility index (Phi) is 6.62. The number of hydrogen-bond acceptors (Lipinski definition) is 7. The highest BCUT2D eigenvalue weighted by molar-refractivity contribution is 6.02. The van der Waals surface area contributed by atoms with E-state index in [1.165, 1.54) is 6.07 Å². The van der Waals surface area contributed by atoms with Crippen molar-refractivity contribution in [1.29, 1.82) is 0 Å². The van der Waals surface area contributed by atoms with Gasteiger partial charge in [0, 0.05) is 49.1 Å². The minimum atomic E-state index is -4.93. The van der Waals surface area contributed by atoms with Crippen LogP contribution in [0.4, 0.5) is 27.8 Å². The van der Waals surface area contributed by atoms with Crippen molar-refractivity contribution in [3.63, 3.8) is 0 Å². The quantitative estimate of drug-likeness (QED) is 0.256. The van der Waals surface area contributed by atoms with E-state index in [4.69, 9.17) is 4.74 Å². The summed E-state index contributed by atoms with van der Waals surface area (Å²) in [6.45, 7) is 2.16. The molecule has 4 aliphatic rings. The number of phenolic OH excluding ortho intramolecular Hbond substituents is 1. The zero-order chi connectivity index (χ0) is 31.1. The Morgan fingerprint density at radius 1 is 1.02 bits per heavy atom. The highest BCUT2D eigenvalue weighted by atomic mass is 19.4. The Morgan fingerprint density at radius 3 is 2.58 bits per heavy atom. The van der Waals surface area contributed by atoms with Crippen molar-refractivity contribution in [2.75, 3.05) is 37.7 Å². The van der Waals surface area contributed by atoms with E-state index < -0.39 is 34.8 Å². The van der Waals surface area contributed by atoms with E-state index in [9.17, 15) is 22.7 Å². The molecule has 0 radical (unpaired) electrons. The van der Waals surface area contributed by atoms with Crippen LogP contribution in [0.25, 0.3) is 32.8 Å². The number of fused-ring (bicyclic) bond motifs is 5. The number of nitrogens with zero attached hydrogens (tertiary/aromatic N) is 4. The highest BCUT2D eigenvalue weighted by Crippen LogP contribution is 2.46. The second kappa shape index (κ2) is 10.4. The molecule has 45 heavy (non-hydrogen) atoms. The van der Waals surface area contributed by atoms with E-state index in [1.807, 2.05) is 4.90 Å². The molecule has 236 valence electrons. The van der Waals surface area contributed by atoms with Crippen LogP contribution in [0.5, 0.6) is 11.8 Å². The van der Waals surface area contributed by atoms with Crippen LogP contribution in [0.3, 0.4) is 0 Å². The molecule has 0 aliphatic carbocycles. The van der Waals surface area contributed by atoms with E-state index in [0.29, 0.717) is 36.8 Å². The molecule has 5 heterocycles. The summed E-state index contributed by atoms with van der Waals surface area (Å²) in [6, 6.07) is 10.2. The molecule has 4 aromatic rings. The van der Waals surface area contributed by atoms with Crippen LogP contribution < -0.4 is 15.0 Å². The van der Waals surface area contributed by atoms with E-state index >= 15 is 4.39 Å². The summed E-state index contributed by atoms with van der Waals surface area (Å²) in [6.07, 6.45) is -2.10. The fourth-order valence-corrected chi connectivity index (χ4v) is 8.10. The fourth-order valence-electron chi connectivity index (χ4n) is 8.10. The Bertz CT molecular complexity index is 1810. The minimum absolute atomic E-state index is 0.0629. The van der Waals surface area contributed by atoms with Crippen LogP contribution in [-0.4, -0.2) is 76.6 Å². The van der Waals surface area contributed by atoms with Gasteiger partial charge in [0.05, 0.1) is 11.1 Å². The number of benzene rings is 3. The molecule has 7 nitrogen and oxygen atoms in total. The molecule has 4 fully saturated rings. The lowest BCUT2D eigenvalue weighted by atomic mass is 9.92. The summed E-state index contributed by atoms with van der Waals surface area (Å²) in [7, 11) is 0. The topological polar surface area (TPSA) is 73.8 Å². The molecule has 4 aliphatic heterocycles. The number of nitrogens with one attached hydrogen (secondary N) is 1. The molecule has 4 saturated heterocycles. The van der Waals surface area contributed by atoms with E-state index in [2.05, 4.69) is 20.2 Å². The van der Waals surface area contributed by atoms with Crippen molar-refractivity contribution in [3.05, 3.63) is 53.8 Å². The third kappa shape index (κ3) is 4.84. The van der Waals surface area contributed by atoms with Crippen LogP contribution >= 0.6 is 0 Å². The first kappa shape index (κ1) is 28.7. The lowest BCUT2D eigenvalue weighted by molar-refractivity contribution is -0.137. The van der Waals surface area contributed by atoms with Gasteiger partial charge in [-0.1, -0.05) is 24.3 Å². The maximum Gasteiger partial charge on any atom is 0.417 e. The summed E-state index contributed by atoms with van der Waals surface area (Å²) in [5.74, 6) is -1.28. The van der Waals surface area contributed by atoms with Crippen LogP contribution in [0.1, 0.15) is 37.7 Å². The number of piperazine rings is 1. The third-order valence-electron chi connectivity index (χ3n) is 10.1. The van der Waals surface area contributed by atoms with Gasteiger partial charge in [-0.3, -0.25) is 4.90 Å². The Morgan fingerprint density at radius 2 is 1.80 bits per heavy atom. The first-order valence-corrected chi connectivity index (χ1v) is 15.4. The molecular formula is C33H32F5N5O2. The average molecular weight is 626 g/mol. The molecule has 0 amide bonds. The van der Waals surface area contributed by atoms with Gasteiger partial charge in [0.2, 0.25) is 0 Å². The molecule has 12 heteroatoms. The number of aromatic hydroxyl groups is 1. The smallest absolute Gasteiger partial charge is 0.417 e. The number of rotatable bonds is 5. The fraction of sp³-hybridized carbons (Fsp3) is 0.455. The van der Waals surface area contributed by atoms with Crippen molar-refractivity contribution in [1.82, 2.24) is 20.2 Å². The molecule has 3 aromatic carbocycles. The van der Waals surface area contributed by atoms with Crippen LogP contribution in [0.2, 0.25) is 0 Å². The Balaban J connectivity index is 1.33. The number of ether oxygens (including phenoxy) is 1. The normalized spacial score (nSPS) is 26.7. The SMILES string of the molecule is Oc1cc(-c2c(C(F)(F)F)cc3c(N4C[C@H]5CC[C@@H](C4)N5)nc(OC[C@@]45CCCN4C[C@H](F)C5)nc3c2F)c2ccccc2c1. The zero-order valence-corrected chi connectivity index (χ0v) is 24.4. The van der Waals surface area contributed by atoms with Gasteiger partial charge in [0.1, 0.15) is 29.9 Å². The molecule has 2 N–H and O–H groups in total. The maximum atomic E-state index is 16.9. The first-order valence-electron chi connectivity index (χ1n) is 15.4. The van der Waals surface area contributed by atoms with Gasteiger partial charge in [-0.2, -0.15) is 23.1 Å². The van der Waals surface area contributed by atoms with E-state index in [1.54, 1.807) is 24.3 Å². The van der Waals surface area contributed by atoms with Crippen LogP contribution in [-0.2, 0) is 6.18 Å². The molecule has 1 aromatic heterocycles. The average Bonchev–Trinajstić information content (AvgIpc) is 3.65. The molecule has 4 atom stereocenters. The first-order chi connectivity index (χ1) is 21.6. The predicted octanol–water partition coefficient (Wildman–Crippen LogP) is 6.21. The largest absolute Gasteiger partial charge is 0.508 e. The van der Waals surface area contributed by atoms with Gasteiger partial charge in [0.15, 0.2) is 5.82 Å². The van der Waals surface area contributed by atoms with Gasteiger partial charge in [-0.15, -0.1) is 0 Å². The molecule has 0 saturated carbocycles. The van der Waals surface area contributed by atoms with E-state index in [-0.39, 0.29) is 52.7 Å². The highest BCUT2D eigenvalue weighted by Gasteiger charge is 2.49. The second-order valence-corrected chi connectivity index (χ2v) is 13.0. The van der Waals surface area contributed by atoms with Gasteiger partial charge >= 0.3 is 12.2 Å². The van der Waals surface area contributed by atoms with Gasteiger partial charge in [-0.05, 0) is 66.8 Å². The number of aromatic nitrogens is 2. The molecule has 8 rings (SSSR count). The predicted molar refractivity (Wildman–Crippen MR) is 160 cm³/mol. The van der Waals surface area contributed by atoms with Crippen molar-refractivity contribution in [3.8, 4) is 22.9 Å². The van der Waals surface area contributed by atoms with Crippen molar-refractivity contribution in [2.45, 2.75) is 62.1 Å². The van der Waals surface area contributed by atoms with Crippen molar-refractivity contribution < 1.29 is 31.8 Å². The lowest BCUT2D eigenvalue weighted by Crippen LogP contribution is -2.51. The zero-order valence-electron chi connectivity index (χ0n) is 24.4. The molecule has 0 unspecified atom stereocenters. The maximum absolute atomic E-state index is 16.9. The molecule has 0 spiro atoms.